The van der Waals surface area contributed by atoms with Gasteiger partial charge in [-0.3, -0.25) is 9.59 Å². The molecule has 37 heavy (non-hydrogen) atoms. The summed E-state index contributed by atoms with van der Waals surface area (Å²) in [7, 11) is 0. The minimum Gasteiger partial charge on any atom is -0.358 e. The fourth-order valence-corrected chi connectivity index (χ4v) is 7.23. The van der Waals surface area contributed by atoms with Crippen molar-refractivity contribution in [1.29, 1.82) is 0 Å². The second-order valence-electron chi connectivity index (χ2n) is 12.0. The van der Waals surface area contributed by atoms with Gasteiger partial charge in [-0.05, 0) is 80.2 Å². The monoisotopic (exact) mass is 535 g/mol. The summed E-state index contributed by atoms with van der Waals surface area (Å²) in [5.74, 6) is 0.754. The first-order valence-corrected chi connectivity index (χ1v) is 15.2. The van der Waals surface area contributed by atoms with Crippen LogP contribution >= 0.6 is 23.6 Å². The molecule has 7 heteroatoms. The lowest BCUT2D eigenvalue weighted by Gasteiger charge is -2.37. The lowest BCUT2D eigenvalue weighted by Crippen LogP contribution is -2.43. The van der Waals surface area contributed by atoms with Gasteiger partial charge in [-0.15, -0.1) is 11.3 Å². The molecule has 2 N–H and O–H groups in total. The number of thiophene rings is 1. The summed E-state index contributed by atoms with van der Waals surface area (Å²) in [6.45, 7) is 3.87. The van der Waals surface area contributed by atoms with E-state index in [1.165, 1.54) is 36.1 Å². The van der Waals surface area contributed by atoms with Crippen LogP contribution in [-0.4, -0.2) is 34.3 Å². The van der Waals surface area contributed by atoms with Crippen LogP contribution in [0.2, 0.25) is 0 Å². The SMILES string of the molecule is CC1(CC(=S)N(Cc2ccccc2)[C@H]2CCc3sc(NC(=O)C4CC4)c(C(=O)NCC4CC4)c3C2)CC1. The number of benzene rings is 1. The highest BCUT2D eigenvalue weighted by molar-refractivity contribution is 7.80. The van der Waals surface area contributed by atoms with Gasteiger partial charge in [0.1, 0.15) is 5.00 Å². The number of amides is 2. The summed E-state index contributed by atoms with van der Waals surface area (Å²) in [6, 6.07) is 10.8. The van der Waals surface area contributed by atoms with Crippen LogP contribution in [0, 0.1) is 17.3 Å². The van der Waals surface area contributed by atoms with Crippen molar-refractivity contribution in [2.24, 2.45) is 17.3 Å². The molecule has 1 aromatic carbocycles. The third-order valence-corrected chi connectivity index (χ3v) is 10.1. The minimum atomic E-state index is -0.0289. The fourth-order valence-electron chi connectivity index (χ4n) is 5.42. The van der Waals surface area contributed by atoms with Gasteiger partial charge in [0.2, 0.25) is 5.91 Å². The molecule has 3 saturated carbocycles. The highest BCUT2D eigenvalue weighted by atomic mass is 32.1. The predicted octanol–water partition coefficient (Wildman–Crippen LogP) is 6.11. The molecular formula is C30H37N3O2S2. The normalized spacial score (nSPS) is 21.6. The lowest BCUT2D eigenvalue weighted by atomic mass is 9.89. The molecule has 4 aliphatic rings. The van der Waals surface area contributed by atoms with Crippen molar-refractivity contribution in [2.45, 2.75) is 83.7 Å². The Morgan fingerprint density at radius 3 is 2.54 bits per heavy atom. The molecule has 0 unspecified atom stereocenters. The first-order chi connectivity index (χ1) is 17.9. The number of carbonyl (C=O) groups is 2. The summed E-state index contributed by atoms with van der Waals surface area (Å²) in [4.78, 5) is 30.9. The third-order valence-electron chi connectivity index (χ3n) is 8.53. The van der Waals surface area contributed by atoms with E-state index in [0.29, 0.717) is 16.9 Å². The molecule has 1 aromatic heterocycles. The average Bonchev–Trinajstić information content (AvgIpc) is 3.76. The van der Waals surface area contributed by atoms with Gasteiger partial charge in [0.25, 0.3) is 5.91 Å². The van der Waals surface area contributed by atoms with Crippen molar-refractivity contribution in [2.75, 3.05) is 11.9 Å². The van der Waals surface area contributed by atoms with E-state index in [2.05, 4.69) is 52.8 Å². The molecule has 6 rings (SSSR count). The Kier molecular flexibility index (Phi) is 6.87. The van der Waals surface area contributed by atoms with E-state index in [1.807, 2.05) is 0 Å². The predicted molar refractivity (Wildman–Crippen MR) is 153 cm³/mol. The number of aryl methyl sites for hydroxylation is 1. The molecule has 0 aliphatic heterocycles. The topological polar surface area (TPSA) is 61.4 Å². The first-order valence-electron chi connectivity index (χ1n) is 14.0. The number of anilines is 1. The van der Waals surface area contributed by atoms with E-state index in [-0.39, 0.29) is 23.8 Å². The van der Waals surface area contributed by atoms with E-state index in [1.54, 1.807) is 11.3 Å². The smallest absolute Gasteiger partial charge is 0.254 e. The maximum atomic E-state index is 13.5. The third kappa shape index (κ3) is 5.93. The average molecular weight is 536 g/mol. The highest BCUT2D eigenvalue weighted by Crippen LogP contribution is 2.49. The van der Waals surface area contributed by atoms with Gasteiger partial charge in [0, 0.05) is 36.3 Å². The van der Waals surface area contributed by atoms with Gasteiger partial charge in [-0.1, -0.05) is 49.5 Å². The molecule has 1 atom stereocenters. The van der Waals surface area contributed by atoms with Gasteiger partial charge in [-0.25, -0.2) is 0 Å². The molecule has 2 aromatic rings. The van der Waals surface area contributed by atoms with Crippen LogP contribution in [0.5, 0.6) is 0 Å². The summed E-state index contributed by atoms with van der Waals surface area (Å²) >= 11 is 7.71. The van der Waals surface area contributed by atoms with Gasteiger partial charge in [0.15, 0.2) is 0 Å². The van der Waals surface area contributed by atoms with Crippen LogP contribution in [0.4, 0.5) is 5.00 Å². The zero-order valence-electron chi connectivity index (χ0n) is 21.7. The molecule has 3 fully saturated rings. The number of thiocarbonyl (C=S) groups is 1. The standard InChI is InChI=1S/C30H37N3O2S2/c1-30(13-14-30)16-25(36)33(18-20-5-3-2-4-6-20)22-11-12-24-23(15-22)26(28(35)31-17-19-7-8-19)29(37-24)32-27(34)21-9-10-21/h2-6,19,21-22H,7-18H2,1H3,(H,31,35)(H,32,34)/t22-/m0/s1. The number of hydrogen-bond donors (Lipinski definition) is 2. The lowest BCUT2D eigenvalue weighted by molar-refractivity contribution is -0.117. The van der Waals surface area contributed by atoms with Gasteiger partial charge in [0.05, 0.1) is 10.6 Å². The Hall–Kier alpha value is -2.25. The number of nitrogens with one attached hydrogen (secondary N) is 2. The molecule has 4 aliphatic carbocycles. The van der Waals surface area contributed by atoms with Crippen LogP contribution in [0.1, 0.15) is 84.7 Å². The van der Waals surface area contributed by atoms with Crippen LogP contribution in [0.25, 0.3) is 0 Å². The van der Waals surface area contributed by atoms with Gasteiger partial charge in [-0.2, -0.15) is 0 Å². The van der Waals surface area contributed by atoms with E-state index in [4.69, 9.17) is 12.2 Å². The molecule has 196 valence electrons. The highest BCUT2D eigenvalue weighted by Gasteiger charge is 2.41. The zero-order chi connectivity index (χ0) is 25.6. The molecular weight excluding hydrogens is 498 g/mol. The number of nitrogens with zero attached hydrogens (tertiary/aromatic N) is 1. The quantitative estimate of drug-likeness (QED) is 0.360. The number of fused-ring (bicyclic) bond motifs is 1. The summed E-state index contributed by atoms with van der Waals surface area (Å²) in [5, 5.41) is 7.07. The molecule has 1 heterocycles. The molecule has 5 nitrogen and oxygen atoms in total. The summed E-state index contributed by atoms with van der Waals surface area (Å²) < 4.78 is 0. The second kappa shape index (κ2) is 10.1. The number of carbonyl (C=O) groups excluding carboxylic acids is 2. The van der Waals surface area contributed by atoms with Crippen LogP contribution in [0.15, 0.2) is 30.3 Å². The molecule has 0 bridgehead atoms. The summed E-state index contributed by atoms with van der Waals surface area (Å²) in [5.41, 5.74) is 3.45. The van der Waals surface area contributed by atoms with Crippen LogP contribution < -0.4 is 10.6 Å². The van der Waals surface area contributed by atoms with E-state index in [0.717, 1.165) is 67.2 Å². The number of rotatable bonds is 10. The van der Waals surface area contributed by atoms with E-state index >= 15 is 0 Å². The Labute approximate surface area is 229 Å². The zero-order valence-corrected chi connectivity index (χ0v) is 23.3. The van der Waals surface area contributed by atoms with Crippen LogP contribution in [0.3, 0.4) is 0 Å². The Morgan fingerprint density at radius 1 is 1.11 bits per heavy atom. The van der Waals surface area contributed by atoms with E-state index < -0.39 is 0 Å². The summed E-state index contributed by atoms with van der Waals surface area (Å²) in [6.07, 6.45) is 10.5. The van der Waals surface area contributed by atoms with Gasteiger partial charge >= 0.3 is 0 Å². The maximum Gasteiger partial charge on any atom is 0.254 e. The van der Waals surface area contributed by atoms with Crippen molar-refractivity contribution in [3.05, 3.63) is 51.9 Å². The molecule has 0 saturated heterocycles. The molecule has 2 amide bonds. The Balaban J connectivity index is 1.27. The maximum absolute atomic E-state index is 13.5. The van der Waals surface area contributed by atoms with Crippen molar-refractivity contribution in [3.63, 3.8) is 0 Å². The Bertz CT molecular complexity index is 1190. The van der Waals surface area contributed by atoms with Crippen molar-refractivity contribution in [1.82, 2.24) is 10.2 Å². The van der Waals surface area contributed by atoms with Crippen molar-refractivity contribution >= 4 is 45.4 Å². The van der Waals surface area contributed by atoms with Crippen molar-refractivity contribution < 1.29 is 9.59 Å². The van der Waals surface area contributed by atoms with Crippen LogP contribution in [-0.2, 0) is 24.2 Å². The first kappa shape index (κ1) is 25.1. The Morgan fingerprint density at radius 2 is 1.86 bits per heavy atom. The van der Waals surface area contributed by atoms with Crippen molar-refractivity contribution in [3.8, 4) is 0 Å². The largest absolute Gasteiger partial charge is 0.358 e. The molecule has 0 spiro atoms. The minimum absolute atomic E-state index is 0.0289. The second-order valence-corrected chi connectivity index (χ2v) is 13.6. The number of hydrogen-bond acceptors (Lipinski definition) is 4. The van der Waals surface area contributed by atoms with Gasteiger partial charge < -0.3 is 15.5 Å². The fraction of sp³-hybridized carbons (Fsp3) is 0.567. The molecule has 0 radical (unpaired) electrons. The van der Waals surface area contributed by atoms with E-state index in [9.17, 15) is 9.59 Å².